The summed E-state index contributed by atoms with van der Waals surface area (Å²) in [5, 5.41) is 0. The minimum absolute atomic E-state index is 0.0114. The summed E-state index contributed by atoms with van der Waals surface area (Å²) in [6, 6.07) is 0. The molecule has 0 unspecified atom stereocenters. The lowest BCUT2D eigenvalue weighted by Gasteiger charge is -2.34. The van der Waals surface area contributed by atoms with E-state index in [2.05, 4.69) is 55.4 Å². The van der Waals surface area contributed by atoms with Crippen LogP contribution in [0.5, 0.6) is 0 Å². The quantitative estimate of drug-likeness (QED) is 0.0795. The first-order valence-electron chi connectivity index (χ1n) is 17.5. The Morgan fingerprint density at radius 1 is 0.429 bits per heavy atom. The monoisotopic (exact) mass is 603 g/mol. The van der Waals surface area contributed by atoms with Crippen molar-refractivity contribution >= 4 is 0 Å². The third-order valence-corrected chi connectivity index (χ3v) is 7.54. The predicted octanol–water partition coefficient (Wildman–Crippen LogP) is 9.70. The minimum atomic E-state index is -0.291. The van der Waals surface area contributed by atoms with Crippen molar-refractivity contribution in [3.05, 3.63) is 0 Å². The molecule has 6 nitrogen and oxygen atoms in total. The minimum Gasteiger partial charge on any atom is -0.379 e. The van der Waals surface area contributed by atoms with E-state index in [0.717, 1.165) is 32.3 Å². The first-order chi connectivity index (χ1) is 20.0. The van der Waals surface area contributed by atoms with Gasteiger partial charge in [-0.1, -0.05) is 97.3 Å². The molecule has 0 fully saturated rings. The Labute approximate surface area is 262 Å². The zero-order valence-electron chi connectivity index (χ0n) is 29.9. The Hall–Kier alpha value is -0.240. The third kappa shape index (κ3) is 25.1. The van der Waals surface area contributed by atoms with Gasteiger partial charge in [-0.15, -0.1) is 0 Å². The molecular formula is C36H74O6. The Balaban J connectivity index is 4.63. The van der Waals surface area contributed by atoms with E-state index in [9.17, 15) is 0 Å². The lowest BCUT2D eigenvalue weighted by molar-refractivity contribution is -0.162. The van der Waals surface area contributed by atoms with Crippen molar-refractivity contribution in [2.24, 2.45) is 0 Å². The molecule has 0 amide bonds. The second kappa shape index (κ2) is 26.0. The van der Waals surface area contributed by atoms with E-state index >= 15 is 0 Å². The number of hydrogen-bond donors (Lipinski definition) is 0. The molecule has 0 spiro atoms. The van der Waals surface area contributed by atoms with E-state index < -0.39 is 0 Å². The molecule has 0 aliphatic rings. The van der Waals surface area contributed by atoms with Gasteiger partial charge in [-0.2, -0.15) is 0 Å². The number of ether oxygens (including phenoxy) is 6. The maximum atomic E-state index is 6.49. The molecule has 0 rings (SSSR count). The van der Waals surface area contributed by atoms with E-state index in [1.807, 2.05) is 7.11 Å². The molecule has 0 bridgehead atoms. The van der Waals surface area contributed by atoms with Gasteiger partial charge in [0.15, 0.2) is 0 Å². The maximum Gasteiger partial charge on any atom is 0.110 e. The summed E-state index contributed by atoms with van der Waals surface area (Å²) in [6.07, 6.45) is 19.9. The van der Waals surface area contributed by atoms with Crippen LogP contribution in [0.2, 0.25) is 0 Å². The van der Waals surface area contributed by atoms with Crippen molar-refractivity contribution < 1.29 is 28.4 Å². The van der Waals surface area contributed by atoms with Gasteiger partial charge in [-0.3, -0.25) is 0 Å². The summed E-state index contributed by atoms with van der Waals surface area (Å²) in [5.41, 5.74) is -0.532. The van der Waals surface area contributed by atoms with Crippen LogP contribution in [0.4, 0.5) is 0 Å². The van der Waals surface area contributed by atoms with Gasteiger partial charge in [-0.05, 0) is 60.8 Å². The Morgan fingerprint density at radius 3 is 1.33 bits per heavy atom. The van der Waals surface area contributed by atoms with E-state index in [1.54, 1.807) is 7.11 Å². The molecule has 0 aliphatic heterocycles. The van der Waals surface area contributed by atoms with E-state index in [-0.39, 0.29) is 35.6 Å². The van der Waals surface area contributed by atoms with Crippen LogP contribution in [-0.4, -0.2) is 76.3 Å². The van der Waals surface area contributed by atoms with E-state index in [0.29, 0.717) is 19.8 Å². The fourth-order valence-electron chi connectivity index (χ4n) is 5.26. The zero-order valence-corrected chi connectivity index (χ0v) is 29.9. The van der Waals surface area contributed by atoms with Gasteiger partial charge in [0.1, 0.15) is 12.2 Å². The van der Waals surface area contributed by atoms with Crippen molar-refractivity contribution in [1.82, 2.24) is 0 Å². The van der Waals surface area contributed by atoms with Crippen LogP contribution in [0, 0.1) is 0 Å². The summed E-state index contributed by atoms with van der Waals surface area (Å²) in [7, 11) is 3.54. The van der Waals surface area contributed by atoms with Crippen LogP contribution in [0.25, 0.3) is 0 Å². The zero-order chi connectivity index (χ0) is 31.7. The van der Waals surface area contributed by atoms with Gasteiger partial charge in [0, 0.05) is 27.4 Å². The van der Waals surface area contributed by atoms with E-state index in [1.165, 1.54) is 77.0 Å². The smallest absolute Gasteiger partial charge is 0.110 e. The fourth-order valence-corrected chi connectivity index (χ4v) is 5.26. The van der Waals surface area contributed by atoms with Crippen LogP contribution in [0.15, 0.2) is 0 Å². The van der Waals surface area contributed by atoms with Gasteiger partial charge >= 0.3 is 0 Å². The lowest BCUT2D eigenvalue weighted by atomic mass is 10.0. The van der Waals surface area contributed by atoms with Crippen LogP contribution in [0.1, 0.15) is 158 Å². The van der Waals surface area contributed by atoms with Gasteiger partial charge in [-0.25, -0.2) is 0 Å². The molecule has 0 aromatic rings. The number of unbranched alkanes of at least 4 members (excludes halogenated alkanes) is 12. The molecule has 0 aromatic heterocycles. The highest BCUT2D eigenvalue weighted by molar-refractivity contribution is 4.77. The Morgan fingerprint density at radius 2 is 0.857 bits per heavy atom. The van der Waals surface area contributed by atoms with Crippen LogP contribution < -0.4 is 0 Å². The van der Waals surface area contributed by atoms with Crippen molar-refractivity contribution in [2.45, 2.75) is 194 Å². The topological polar surface area (TPSA) is 55.4 Å². The lowest BCUT2D eigenvalue weighted by Crippen LogP contribution is -2.43. The van der Waals surface area contributed by atoms with Crippen molar-refractivity contribution in [3.8, 4) is 0 Å². The predicted molar refractivity (Wildman–Crippen MR) is 178 cm³/mol. The second-order valence-electron chi connectivity index (χ2n) is 14.1. The van der Waals surface area contributed by atoms with E-state index in [4.69, 9.17) is 28.4 Å². The Bertz CT molecular complexity index is 570. The molecule has 254 valence electrons. The first kappa shape index (κ1) is 41.8. The molecule has 0 saturated heterocycles. The second-order valence-corrected chi connectivity index (χ2v) is 14.1. The van der Waals surface area contributed by atoms with Crippen LogP contribution in [-0.2, 0) is 28.4 Å². The van der Waals surface area contributed by atoms with Gasteiger partial charge in [0.25, 0.3) is 0 Å². The van der Waals surface area contributed by atoms with Crippen molar-refractivity contribution in [2.75, 3.05) is 40.6 Å². The number of methoxy groups -OCH3 is 2. The standard InChI is InChI=1S/C36H74O6/c1-11-13-15-16-17-18-19-20-21-22-23-24-25-31(37-9)32(41-35(3,4)5)26-28-40-29-33(38-10)34(42-36(6,7)8)30-39-27-14-12-2/h31-34H,11-30H2,1-10H3/t31-,32+,33+,34+/m1/s1. The third-order valence-electron chi connectivity index (χ3n) is 7.54. The molecule has 0 aliphatic carbocycles. The normalized spacial score (nSPS) is 15.6. The molecule has 6 heteroatoms. The van der Waals surface area contributed by atoms with Crippen molar-refractivity contribution in [1.29, 1.82) is 0 Å². The van der Waals surface area contributed by atoms with Gasteiger partial charge < -0.3 is 28.4 Å². The molecule has 4 atom stereocenters. The number of rotatable bonds is 29. The first-order valence-corrected chi connectivity index (χ1v) is 17.5. The molecule has 0 aromatic carbocycles. The van der Waals surface area contributed by atoms with Crippen LogP contribution >= 0.6 is 0 Å². The number of hydrogen-bond acceptors (Lipinski definition) is 6. The molecule has 0 heterocycles. The summed E-state index contributed by atoms with van der Waals surface area (Å²) >= 11 is 0. The van der Waals surface area contributed by atoms with Crippen molar-refractivity contribution in [3.63, 3.8) is 0 Å². The molecule has 42 heavy (non-hydrogen) atoms. The Kier molecular flexibility index (Phi) is 25.9. The largest absolute Gasteiger partial charge is 0.379 e. The average Bonchev–Trinajstić information content (AvgIpc) is 2.91. The molecule has 0 radical (unpaired) electrons. The molecule has 0 N–H and O–H groups in total. The summed E-state index contributed by atoms with van der Waals surface area (Å²) in [5.74, 6) is 0. The summed E-state index contributed by atoms with van der Waals surface area (Å²) in [6.45, 7) is 19.3. The molecular weight excluding hydrogens is 528 g/mol. The summed E-state index contributed by atoms with van der Waals surface area (Å²) in [4.78, 5) is 0. The molecule has 0 saturated carbocycles. The van der Waals surface area contributed by atoms with Gasteiger partial charge in [0.2, 0.25) is 0 Å². The highest BCUT2D eigenvalue weighted by Gasteiger charge is 2.29. The average molecular weight is 603 g/mol. The fraction of sp³-hybridized carbons (Fsp3) is 1.00. The summed E-state index contributed by atoms with van der Waals surface area (Å²) < 4.78 is 36.7. The SMILES string of the molecule is CCCCCCCCCCCCCC[C@@H](OC)[C@H](CCOC[C@H](OC)[C@H](COCCCC)OC(C)(C)C)OC(C)(C)C. The van der Waals surface area contributed by atoms with Crippen LogP contribution in [0.3, 0.4) is 0 Å². The van der Waals surface area contributed by atoms with Gasteiger partial charge in [0.05, 0.1) is 36.6 Å². The maximum absolute atomic E-state index is 6.49. The highest BCUT2D eigenvalue weighted by atomic mass is 16.6. The highest BCUT2D eigenvalue weighted by Crippen LogP contribution is 2.23.